The van der Waals surface area contributed by atoms with Crippen molar-refractivity contribution in [3.8, 4) is 0 Å². The Morgan fingerprint density at radius 2 is 0.587 bits per heavy atom. The Balaban J connectivity index is -0.000000249. The molecular weight excluding hydrogens is 842 g/mol. The van der Waals surface area contributed by atoms with Crippen LogP contribution in [0, 0.1) is 27.7 Å². The molecule has 0 saturated carbocycles. The molecule has 0 unspecified atom stereocenters. The van der Waals surface area contributed by atoms with Crippen LogP contribution in [0.5, 0.6) is 0 Å². The molecule has 46 heavy (non-hydrogen) atoms. The summed E-state index contributed by atoms with van der Waals surface area (Å²) < 4.78 is 62.3. The van der Waals surface area contributed by atoms with E-state index in [1.807, 2.05) is 13.8 Å². The molecule has 4 aromatic carbocycles. The van der Waals surface area contributed by atoms with Gasteiger partial charge in [-0.15, -0.1) is 0 Å². The molecule has 0 amide bonds. The van der Waals surface area contributed by atoms with E-state index in [2.05, 4.69) is 90.1 Å². The maximum absolute atomic E-state index is 10.4. The minimum Gasteiger partial charge on any atom is -1.00 e. The third kappa shape index (κ3) is 21.4. The monoisotopic (exact) mass is 884 g/mol. The fourth-order valence-corrected chi connectivity index (χ4v) is 4.25. The van der Waals surface area contributed by atoms with Gasteiger partial charge in [-0.1, -0.05) is 123 Å². The molecule has 0 radical (unpaired) electrons. The molecule has 0 aliphatic heterocycles. The first-order chi connectivity index (χ1) is 19.4. The van der Waals surface area contributed by atoms with Crippen molar-refractivity contribution in [2.45, 2.75) is 77.0 Å². The fraction of sp³-hybridized carbons (Fsp3) is 0.294. The second-order valence-corrected chi connectivity index (χ2v) is 13.4. The second kappa shape index (κ2) is 24.6. The van der Waals surface area contributed by atoms with E-state index < -0.39 is 20.2 Å². The van der Waals surface area contributed by atoms with Gasteiger partial charge in [0.05, 0.1) is 9.79 Å². The van der Waals surface area contributed by atoms with Crippen molar-refractivity contribution in [1.82, 2.24) is 0 Å². The Hall–Kier alpha value is -1.47. The van der Waals surface area contributed by atoms with Crippen LogP contribution in [0.3, 0.4) is 0 Å². The zero-order valence-electron chi connectivity index (χ0n) is 27.1. The van der Waals surface area contributed by atoms with Crippen LogP contribution in [0.2, 0.25) is 0 Å². The zero-order chi connectivity index (χ0) is 32.1. The summed E-state index contributed by atoms with van der Waals surface area (Å²) in [6.45, 7) is 16.7. The molecule has 256 valence electrons. The van der Waals surface area contributed by atoms with Crippen molar-refractivity contribution >= 4 is 20.2 Å². The number of rotatable bonds is 4. The zero-order valence-corrected chi connectivity index (χ0v) is 33.7. The topological polar surface area (TPSA) is 114 Å². The van der Waals surface area contributed by atoms with Crippen LogP contribution in [-0.4, -0.2) is 25.9 Å². The second-order valence-electron chi connectivity index (χ2n) is 10.7. The Kier molecular flexibility index (Phi) is 27.5. The summed E-state index contributed by atoms with van der Waals surface area (Å²) in [5.41, 5.74) is 7.37. The van der Waals surface area contributed by atoms with Gasteiger partial charge >= 0.3 is 39.0 Å². The maximum Gasteiger partial charge on any atom is 2.00 e. The van der Waals surface area contributed by atoms with Crippen LogP contribution in [-0.2, 0) is 59.2 Å². The summed E-state index contributed by atoms with van der Waals surface area (Å²) in [6, 6.07) is 29.0. The summed E-state index contributed by atoms with van der Waals surface area (Å²) in [7, 11) is -8.54. The molecule has 12 heteroatoms. The molecular formula is C34H42Cl2O6Ru2S2. The molecule has 4 aromatic rings. The summed E-state index contributed by atoms with van der Waals surface area (Å²) in [4.78, 5) is -0.355. The van der Waals surface area contributed by atoms with Crippen LogP contribution >= 0.6 is 0 Å². The van der Waals surface area contributed by atoms with E-state index in [1.54, 1.807) is 24.3 Å². The molecule has 0 fully saturated rings. The normalized spacial score (nSPS) is 10.0. The van der Waals surface area contributed by atoms with E-state index in [1.165, 1.54) is 46.5 Å². The minimum atomic E-state index is -4.27. The molecule has 0 saturated heterocycles. The fourth-order valence-electron chi connectivity index (χ4n) is 3.31. The third-order valence-corrected chi connectivity index (χ3v) is 7.81. The molecule has 4 rings (SSSR count). The SMILES string of the molecule is Cc1ccc(C(C)C)cc1.Cc1ccc(C(C)C)cc1.Cc1ccc(S(=O)(=O)[O-])cc1.Cc1ccc(S(=O)(=O)[O-])cc1.[Cl-].[Cl-].[Ru+2].[Ru+2]. The third-order valence-electron chi connectivity index (χ3n) is 6.11. The summed E-state index contributed by atoms with van der Waals surface area (Å²) in [5.74, 6) is 1.31. The minimum absolute atomic E-state index is 0. The molecule has 0 spiro atoms. The van der Waals surface area contributed by atoms with E-state index in [9.17, 15) is 25.9 Å². The smallest absolute Gasteiger partial charge is 1.00 e. The van der Waals surface area contributed by atoms with Gasteiger partial charge in [0.2, 0.25) is 0 Å². The van der Waals surface area contributed by atoms with E-state index >= 15 is 0 Å². The van der Waals surface area contributed by atoms with Crippen molar-refractivity contribution in [2.24, 2.45) is 0 Å². The van der Waals surface area contributed by atoms with Crippen LogP contribution in [0.1, 0.15) is 72.9 Å². The van der Waals surface area contributed by atoms with Crippen molar-refractivity contribution in [3.05, 3.63) is 130 Å². The summed E-state index contributed by atoms with van der Waals surface area (Å²) in [6.07, 6.45) is 0. The van der Waals surface area contributed by atoms with Gasteiger partial charge in [-0.3, -0.25) is 0 Å². The van der Waals surface area contributed by atoms with Crippen LogP contribution in [0.25, 0.3) is 0 Å². The van der Waals surface area contributed by atoms with Gasteiger partial charge in [-0.05, 0) is 74.9 Å². The largest absolute Gasteiger partial charge is 2.00 e. The van der Waals surface area contributed by atoms with E-state index in [0.29, 0.717) is 11.8 Å². The molecule has 0 atom stereocenters. The molecule has 0 bridgehead atoms. The quantitative estimate of drug-likeness (QED) is 0.229. The van der Waals surface area contributed by atoms with Gasteiger partial charge in [-0.2, -0.15) is 0 Å². The molecule has 0 aromatic heterocycles. The first kappa shape index (κ1) is 51.4. The van der Waals surface area contributed by atoms with Gasteiger partial charge in [0, 0.05) is 0 Å². The van der Waals surface area contributed by atoms with Crippen LogP contribution in [0.4, 0.5) is 0 Å². The number of hydrogen-bond acceptors (Lipinski definition) is 6. The van der Waals surface area contributed by atoms with E-state index in [4.69, 9.17) is 0 Å². The predicted molar refractivity (Wildman–Crippen MR) is 169 cm³/mol. The van der Waals surface area contributed by atoms with Gasteiger partial charge in [0.1, 0.15) is 20.2 Å². The van der Waals surface area contributed by atoms with E-state index in [0.717, 1.165) is 11.1 Å². The average molecular weight is 884 g/mol. The molecule has 0 aliphatic rings. The first-order valence-electron chi connectivity index (χ1n) is 13.6. The van der Waals surface area contributed by atoms with Crippen molar-refractivity contribution < 1.29 is 89.7 Å². The van der Waals surface area contributed by atoms with Crippen molar-refractivity contribution in [2.75, 3.05) is 0 Å². The van der Waals surface area contributed by atoms with Crippen molar-refractivity contribution in [1.29, 1.82) is 0 Å². The Labute approximate surface area is 315 Å². The molecule has 0 heterocycles. The molecule has 0 aliphatic carbocycles. The predicted octanol–water partition coefficient (Wildman–Crippen LogP) is 2.04. The Bertz CT molecular complexity index is 1450. The van der Waals surface area contributed by atoms with Crippen molar-refractivity contribution in [3.63, 3.8) is 0 Å². The van der Waals surface area contributed by atoms with Gasteiger partial charge in [0.15, 0.2) is 0 Å². The Morgan fingerprint density at radius 1 is 0.413 bits per heavy atom. The number of aryl methyl sites for hydroxylation is 4. The average Bonchev–Trinajstić information content (AvgIpc) is 2.90. The van der Waals surface area contributed by atoms with Crippen LogP contribution < -0.4 is 24.8 Å². The number of hydrogen-bond donors (Lipinski definition) is 0. The number of halogens is 2. The summed E-state index contributed by atoms with van der Waals surface area (Å²) in [5, 5.41) is 0. The maximum atomic E-state index is 10.4. The first-order valence-corrected chi connectivity index (χ1v) is 16.4. The molecule has 0 N–H and O–H groups in total. The molecule has 6 nitrogen and oxygen atoms in total. The van der Waals surface area contributed by atoms with Gasteiger partial charge in [0.25, 0.3) is 0 Å². The Morgan fingerprint density at radius 3 is 0.739 bits per heavy atom. The standard InChI is InChI=1S/2C10H14.2C7H8O3S.2ClH.2Ru/c2*1-8(2)10-6-4-9(3)5-7-10;2*1-6-2-4-7(5-3-6)11(8,9)10;;;;/h2*4-8H,1-3H3;2*2-5H,1H3,(H,8,9,10);2*1H;;/q;;;;;;2*+2/p-4. The van der Waals surface area contributed by atoms with E-state index in [-0.39, 0.29) is 73.6 Å². The number of benzene rings is 4. The van der Waals surface area contributed by atoms with Gasteiger partial charge < -0.3 is 33.9 Å². The van der Waals surface area contributed by atoms with Gasteiger partial charge in [-0.25, -0.2) is 16.8 Å². The summed E-state index contributed by atoms with van der Waals surface area (Å²) >= 11 is 0. The van der Waals surface area contributed by atoms with Crippen LogP contribution in [0.15, 0.2) is 107 Å².